The van der Waals surface area contributed by atoms with Crippen molar-refractivity contribution in [2.24, 2.45) is 0 Å². The molecule has 0 saturated carbocycles. The third-order valence-electron chi connectivity index (χ3n) is 4.99. The van der Waals surface area contributed by atoms with Crippen LogP contribution in [0.25, 0.3) is 0 Å². The van der Waals surface area contributed by atoms with E-state index in [4.69, 9.17) is 22.1 Å². The molecule has 2 aromatic rings. The van der Waals surface area contributed by atoms with Gasteiger partial charge in [-0.2, -0.15) is 0 Å². The third-order valence-corrected chi connectivity index (χ3v) is 5.32. The van der Waals surface area contributed by atoms with Crippen molar-refractivity contribution in [3.05, 3.63) is 68.5 Å². The summed E-state index contributed by atoms with van der Waals surface area (Å²) in [6.45, 7) is 3.53. The van der Waals surface area contributed by atoms with Crippen molar-refractivity contribution >= 4 is 28.9 Å². The number of nitro benzene ring substituents is 1. The van der Waals surface area contributed by atoms with Gasteiger partial charge < -0.3 is 15.8 Å². The quantitative estimate of drug-likeness (QED) is 0.409. The molecule has 0 bridgehead atoms. The molecule has 0 radical (unpaired) electrons. The van der Waals surface area contributed by atoms with Crippen LogP contribution in [0.4, 0.5) is 15.8 Å². The lowest BCUT2D eigenvalue weighted by Gasteiger charge is -2.38. The average molecular weight is 437 g/mol. The predicted molar refractivity (Wildman–Crippen MR) is 111 cm³/mol. The van der Waals surface area contributed by atoms with E-state index in [-0.39, 0.29) is 40.2 Å². The van der Waals surface area contributed by atoms with Crippen molar-refractivity contribution < 1.29 is 18.8 Å². The highest BCUT2D eigenvalue weighted by Crippen LogP contribution is 2.31. The van der Waals surface area contributed by atoms with Crippen LogP contribution in [0.15, 0.2) is 36.4 Å². The Bertz CT molecular complexity index is 938. The second-order valence-electron chi connectivity index (χ2n) is 7.07. The molecule has 0 aliphatic carbocycles. The van der Waals surface area contributed by atoms with Crippen LogP contribution < -0.4 is 11.1 Å². The topological polar surface area (TPSA) is 111 Å². The molecular weight excluding hydrogens is 415 g/mol. The number of nitrogens with zero attached hydrogens (tertiary/aromatic N) is 2. The number of nitro groups is 1. The smallest absolute Gasteiger partial charge is 0.292 e. The summed E-state index contributed by atoms with van der Waals surface area (Å²) in [4.78, 5) is 25.1. The molecule has 160 valence electrons. The maximum absolute atomic E-state index is 14.6. The van der Waals surface area contributed by atoms with Crippen LogP contribution in [-0.2, 0) is 4.74 Å². The van der Waals surface area contributed by atoms with Gasteiger partial charge in [0.2, 0.25) is 0 Å². The first kappa shape index (κ1) is 21.9. The molecule has 3 N–H and O–H groups in total. The van der Waals surface area contributed by atoms with Crippen LogP contribution >= 0.6 is 11.6 Å². The van der Waals surface area contributed by atoms with Crippen LogP contribution in [-0.4, -0.2) is 48.1 Å². The SMILES string of the molecule is CC1CN(C(CNC(=O)c2ccc(N)c([N+](=O)[O-])c2)c2c(F)cccc2Cl)CCO1. The molecular formula is C20H22ClFN4O4. The minimum absolute atomic E-state index is 0.0325. The summed E-state index contributed by atoms with van der Waals surface area (Å²) in [5.74, 6) is -0.999. The first-order chi connectivity index (χ1) is 14.3. The Morgan fingerprint density at radius 1 is 1.47 bits per heavy atom. The summed E-state index contributed by atoms with van der Waals surface area (Å²) in [5.41, 5.74) is 5.58. The average Bonchev–Trinajstić information content (AvgIpc) is 2.70. The van der Waals surface area contributed by atoms with Gasteiger partial charge >= 0.3 is 0 Å². The fourth-order valence-corrected chi connectivity index (χ4v) is 3.79. The van der Waals surface area contributed by atoms with Gasteiger partial charge in [-0.3, -0.25) is 19.8 Å². The monoisotopic (exact) mass is 436 g/mol. The van der Waals surface area contributed by atoms with E-state index >= 15 is 0 Å². The van der Waals surface area contributed by atoms with Gasteiger partial charge in [0, 0.05) is 41.9 Å². The highest BCUT2D eigenvalue weighted by molar-refractivity contribution is 6.31. The molecule has 0 aromatic heterocycles. The van der Waals surface area contributed by atoms with Crippen molar-refractivity contribution in [1.29, 1.82) is 0 Å². The van der Waals surface area contributed by atoms with E-state index in [0.29, 0.717) is 19.7 Å². The maximum Gasteiger partial charge on any atom is 0.292 e. The number of benzene rings is 2. The second kappa shape index (κ2) is 9.38. The van der Waals surface area contributed by atoms with Gasteiger partial charge in [-0.1, -0.05) is 17.7 Å². The number of rotatable bonds is 6. The molecule has 1 amide bonds. The van der Waals surface area contributed by atoms with Crippen LogP contribution in [0.2, 0.25) is 5.02 Å². The Hall–Kier alpha value is -2.75. The molecule has 10 heteroatoms. The summed E-state index contributed by atoms with van der Waals surface area (Å²) in [6, 6.07) is 7.74. The van der Waals surface area contributed by atoms with Crippen molar-refractivity contribution in [3.63, 3.8) is 0 Å². The van der Waals surface area contributed by atoms with Gasteiger partial charge in [-0.05, 0) is 31.2 Å². The Kier molecular flexibility index (Phi) is 6.86. The Balaban J connectivity index is 1.84. The predicted octanol–water partition coefficient (Wildman–Crippen LogP) is 3.16. The number of morpholine rings is 1. The zero-order chi connectivity index (χ0) is 21.8. The fraction of sp³-hybridized carbons (Fsp3) is 0.350. The molecule has 1 aliphatic heterocycles. The number of ether oxygens (including phenoxy) is 1. The number of amides is 1. The first-order valence-corrected chi connectivity index (χ1v) is 9.77. The molecule has 2 aromatic carbocycles. The number of nitrogens with two attached hydrogens (primary N) is 1. The van der Waals surface area contributed by atoms with E-state index in [2.05, 4.69) is 5.32 Å². The van der Waals surface area contributed by atoms with Gasteiger partial charge in [0.25, 0.3) is 11.6 Å². The number of halogens is 2. The second-order valence-corrected chi connectivity index (χ2v) is 7.48. The highest BCUT2D eigenvalue weighted by atomic mass is 35.5. The summed E-state index contributed by atoms with van der Waals surface area (Å²) >= 11 is 6.29. The van der Waals surface area contributed by atoms with E-state index in [1.165, 1.54) is 24.3 Å². The number of anilines is 1. The Labute approximate surface area is 177 Å². The zero-order valence-corrected chi connectivity index (χ0v) is 17.1. The van der Waals surface area contributed by atoms with E-state index < -0.39 is 22.7 Å². The summed E-state index contributed by atoms with van der Waals surface area (Å²) in [5, 5.41) is 14.1. The standard InChI is InChI=1S/C20H22ClFN4O4/c1-12-11-25(7-8-30-12)18(19-14(21)3-2-4-15(19)22)10-24-20(27)13-5-6-16(23)17(9-13)26(28)29/h2-6,9,12,18H,7-8,10-11,23H2,1H3,(H,24,27). The van der Waals surface area contributed by atoms with Crippen molar-refractivity contribution in [2.75, 3.05) is 32.0 Å². The van der Waals surface area contributed by atoms with Gasteiger partial charge in [0.1, 0.15) is 11.5 Å². The van der Waals surface area contributed by atoms with E-state index in [1.807, 2.05) is 11.8 Å². The van der Waals surface area contributed by atoms with Crippen molar-refractivity contribution in [2.45, 2.75) is 19.1 Å². The zero-order valence-electron chi connectivity index (χ0n) is 16.3. The first-order valence-electron chi connectivity index (χ1n) is 9.39. The number of nitrogens with one attached hydrogen (secondary N) is 1. The largest absolute Gasteiger partial charge is 0.393 e. The maximum atomic E-state index is 14.6. The number of nitrogen functional groups attached to an aromatic ring is 1. The van der Waals surface area contributed by atoms with Crippen LogP contribution in [0.1, 0.15) is 28.9 Å². The minimum Gasteiger partial charge on any atom is -0.393 e. The third kappa shape index (κ3) is 4.86. The molecule has 1 saturated heterocycles. The van der Waals surface area contributed by atoms with E-state index in [1.54, 1.807) is 6.07 Å². The van der Waals surface area contributed by atoms with Gasteiger partial charge in [-0.25, -0.2) is 4.39 Å². The molecule has 3 rings (SSSR count). The highest BCUT2D eigenvalue weighted by Gasteiger charge is 2.29. The lowest BCUT2D eigenvalue weighted by molar-refractivity contribution is -0.383. The van der Waals surface area contributed by atoms with E-state index in [0.717, 1.165) is 6.07 Å². The lowest BCUT2D eigenvalue weighted by Crippen LogP contribution is -2.47. The summed E-state index contributed by atoms with van der Waals surface area (Å²) in [6.07, 6.45) is -0.0535. The Morgan fingerprint density at radius 3 is 2.90 bits per heavy atom. The molecule has 8 nitrogen and oxygen atoms in total. The van der Waals surface area contributed by atoms with Gasteiger partial charge in [0.15, 0.2) is 0 Å². The number of carbonyl (C=O) groups is 1. The van der Waals surface area contributed by atoms with Crippen molar-refractivity contribution in [1.82, 2.24) is 10.2 Å². The normalized spacial score (nSPS) is 18.0. The minimum atomic E-state index is -0.650. The molecule has 0 spiro atoms. The van der Waals surface area contributed by atoms with Crippen LogP contribution in [0.3, 0.4) is 0 Å². The fourth-order valence-electron chi connectivity index (χ4n) is 3.51. The number of hydrogen-bond acceptors (Lipinski definition) is 6. The number of hydrogen-bond donors (Lipinski definition) is 2. The molecule has 1 heterocycles. The molecule has 30 heavy (non-hydrogen) atoms. The number of carbonyl (C=O) groups excluding carboxylic acids is 1. The van der Waals surface area contributed by atoms with Gasteiger partial charge in [0.05, 0.1) is 23.7 Å². The lowest BCUT2D eigenvalue weighted by atomic mass is 10.0. The molecule has 2 atom stereocenters. The Morgan fingerprint density at radius 2 is 2.23 bits per heavy atom. The van der Waals surface area contributed by atoms with Gasteiger partial charge in [-0.15, -0.1) is 0 Å². The van der Waals surface area contributed by atoms with E-state index in [9.17, 15) is 19.3 Å². The summed E-state index contributed by atoms with van der Waals surface area (Å²) in [7, 11) is 0. The van der Waals surface area contributed by atoms with Crippen LogP contribution in [0.5, 0.6) is 0 Å². The van der Waals surface area contributed by atoms with Crippen LogP contribution in [0, 0.1) is 15.9 Å². The van der Waals surface area contributed by atoms with Crippen molar-refractivity contribution in [3.8, 4) is 0 Å². The molecule has 2 unspecified atom stereocenters. The summed E-state index contributed by atoms with van der Waals surface area (Å²) < 4.78 is 20.2. The molecule has 1 aliphatic rings. The molecule has 1 fully saturated rings.